The molecule has 5 aromatic rings. The first-order valence-corrected chi connectivity index (χ1v) is 10.7. The summed E-state index contributed by atoms with van der Waals surface area (Å²) in [7, 11) is 0. The number of phenols is 2. The summed E-state index contributed by atoms with van der Waals surface area (Å²) in [6.45, 7) is 0. The van der Waals surface area contributed by atoms with E-state index in [-0.39, 0.29) is 11.5 Å². The first-order chi connectivity index (χ1) is 15.7. The molecule has 0 fully saturated rings. The zero-order valence-electron chi connectivity index (χ0n) is 17.1. The van der Waals surface area contributed by atoms with Crippen molar-refractivity contribution in [2.24, 2.45) is 9.98 Å². The Morgan fingerprint density at radius 1 is 0.531 bits per heavy atom. The maximum absolute atomic E-state index is 11.4. The van der Waals surface area contributed by atoms with Crippen LogP contribution < -0.4 is 10.7 Å². The zero-order chi connectivity index (χ0) is 21.4. The van der Waals surface area contributed by atoms with Gasteiger partial charge in [-0.1, -0.05) is 60.7 Å². The Bertz CT molecular complexity index is 1620. The summed E-state index contributed by atoms with van der Waals surface area (Å²) >= 11 is 0. The molecule has 0 aliphatic carbocycles. The third-order valence-electron chi connectivity index (χ3n) is 6.75. The normalized spacial score (nSPS) is 13.5. The molecule has 0 radical (unpaired) electrons. The van der Waals surface area contributed by atoms with Crippen LogP contribution in [0.4, 0.5) is 11.4 Å². The summed E-state index contributed by atoms with van der Waals surface area (Å²) in [4.78, 5) is 9.99. The van der Waals surface area contributed by atoms with Crippen LogP contribution >= 0.6 is 0 Å². The summed E-state index contributed by atoms with van der Waals surface area (Å²) in [6.07, 6.45) is 1.44. The molecule has 0 spiro atoms. The van der Waals surface area contributed by atoms with Crippen LogP contribution in [-0.4, -0.2) is 10.2 Å². The zero-order valence-corrected chi connectivity index (χ0v) is 17.1. The van der Waals surface area contributed by atoms with Gasteiger partial charge in [0.2, 0.25) is 0 Å². The van der Waals surface area contributed by atoms with E-state index >= 15 is 0 Å². The lowest BCUT2D eigenvalue weighted by atomic mass is 9.85. The van der Waals surface area contributed by atoms with E-state index in [9.17, 15) is 10.2 Å². The Kier molecular flexibility index (Phi) is 3.37. The van der Waals surface area contributed by atoms with Gasteiger partial charge >= 0.3 is 0 Å². The van der Waals surface area contributed by atoms with Gasteiger partial charge in [0.1, 0.15) is 11.5 Å². The predicted molar refractivity (Wildman–Crippen MR) is 125 cm³/mol. The van der Waals surface area contributed by atoms with Crippen LogP contribution in [0, 0.1) is 0 Å². The van der Waals surface area contributed by atoms with E-state index in [0.717, 1.165) is 57.2 Å². The van der Waals surface area contributed by atoms with Gasteiger partial charge in [0.15, 0.2) is 0 Å². The Balaban J connectivity index is 1.78. The lowest BCUT2D eigenvalue weighted by Gasteiger charge is -2.23. The molecule has 2 aliphatic heterocycles. The number of fused-ring (bicyclic) bond motifs is 9. The van der Waals surface area contributed by atoms with Crippen molar-refractivity contribution in [2.45, 2.75) is 12.8 Å². The molecule has 152 valence electrons. The minimum absolute atomic E-state index is 0.143. The third kappa shape index (κ3) is 2.21. The first kappa shape index (κ1) is 17.5. The van der Waals surface area contributed by atoms with Gasteiger partial charge in [0.25, 0.3) is 0 Å². The van der Waals surface area contributed by atoms with Crippen LogP contribution in [0.1, 0.15) is 22.3 Å². The monoisotopic (exact) mass is 414 g/mol. The number of benzene rings is 5. The topological polar surface area (TPSA) is 65.2 Å². The predicted octanol–water partition coefficient (Wildman–Crippen LogP) is 5.12. The standard InChI is InChI=1S/C28H18N2O2/c31-27-17-9-3-4-10-18(17)28(32)24-23(27)25-19(13-15-7-1-5-11-21(15)29-25)20-14-16-8-2-6-12-22(16)30-26(20)24/h1-12,31-32H,13-14H2. The van der Waals surface area contributed by atoms with Crippen molar-refractivity contribution in [1.29, 1.82) is 0 Å². The molecule has 0 amide bonds. The molecule has 0 unspecified atom stereocenters. The fraction of sp³-hybridized carbons (Fsp3) is 0.0714. The second-order valence-electron chi connectivity index (χ2n) is 8.48. The average Bonchev–Trinajstić information content (AvgIpc) is 2.84. The van der Waals surface area contributed by atoms with E-state index in [0.29, 0.717) is 21.5 Å². The minimum atomic E-state index is 0.143. The second-order valence-corrected chi connectivity index (χ2v) is 8.48. The van der Waals surface area contributed by atoms with Gasteiger partial charge in [-0.25, -0.2) is 9.98 Å². The lowest BCUT2D eigenvalue weighted by Crippen LogP contribution is -2.28. The molecule has 32 heavy (non-hydrogen) atoms. The van der Waals surface area contributed by atoms with E-state index in [1.54, 1.807) is 0 Å². The fourth-order valence-electron chi connectivity index (χ4n) is 5.24. The van der Waals surface area contributed by atoms with Gasteiger partial charge in [-0.05, 0) is 34.4 Å². The Morgan fingerprint density at radius 3 is 1.41 bits per heavy atom. The summed E-state index contributed by atoms with van der Waals surface area (Å²) in [5.74, 6) is 0.286. The summed E-state index contributed by atoms with van der Waals surface area (Å²) in [6, 6.07) is 23.6. The van der Waals surface area contributed by atoms with Crippen molar-refractivity contribution < 1.29 is 10.2 Å². The highest BCUT2D eigenvalue weighted by Crippen LogP contribution is 2.41. The molecule has 7 rings (SSSR count). The maximum atomic E-state index is 11.4. The molecule has 5 aromatic carbocycles. The van der Waals surface area contributed by atoms with Gasteiger partial charge in [-0.15, -0.1) is 0 Å². The Morgan fingerprint density at radius 2 is 0.938 bits per heavy atom. The van der Waals surface area contributed by atoms with E-state index in [1.807, 2.05) is 60.7 Å². The molecule has 0 atom stereocenters. The minimum Gasteiger partial charge on any atom is -0.507 e. The average molecular weight is 414 g/mol. The molecule has 0 saturated carbocycles. The number of phenolic OH excluding ortho intramolecular Hbond substituents is 2. The van der Waals surface area contributed by atoms with Gasteiger partial charge in [0, 0.05) is 23.6 Å². The molecule has 4 heteroatoms. The molecule has 0 saturated heterocycles. The van der Waals surface area contributed by atoms with Gasteiger partial charge in [-0.2, -0.15) is 0 Å². The molecule has 2 aliphatic rings. The quantitative estimate of drug-likeness (QED) is 0.267. The number of aromatic hydroxyl groups is 2. The number of para-hydroxylation sites is 2. The summed E-state index contributed by atoms with van der Waals surface area (Å²) in [5, 5.41) is 26.7. The van der Waals surface area contributed by atoms with Crippen molar-refractivity contribution in [2.75, 3.05) is 0 Å². The molecule has 0 bridgehead atoms. The van der Waals surface area contributed by atoms with Crippen LogP contribution in [-0.2, 0) is 12.8 Å². The van der Waals surface area contributed by atoms with Crippen LogP contribution in [0.5, 0.6) is 11.5 Å². The third-order valence-corrected chi connectivity index (χ3v) is 6.75. The largest absolute Gasteiger partial charge is 0.507 e. The van der Waals surface area contributed by atoms with Crippen molar-refractivity contribution in [1.82, 2.24) is 0 Å². The highest BCUT2D eigenvalue weighted by molar-refractivity contribution is 6.11. The van der Waals surface area contributed by atoms with E-state index in [2.05, 4.69) is 12.1 Å². The second kappa shape index (κ2) is 6.17. The number of rotatable bonds is 0. The van der Waals surface area contributed by atoms with Crippen molar-refractivity contribution in [3.05, 3.63) is 106 Å². The van der Waals surface area contributed by atoms with Crippen LogP contribution in [0.2, 0.25) is 0 Å². The summed E-state index contributed by atoms with van der Waals surface area (Å²) < 4.78 is 0. The smallest absolute Gasteiger partial charge is 0.133 e. The molecular formula is C28H18N2O2. The molecule has 0 aromatic heterocycles. The van der Waals surface area contributed by atoms with E-state index in [4.69, 9.17) is 9.98 Å². The molecule has 2 N–H and O–H groups in total. The van der Waals surface area contributed by atoms with Crippen molar-refractivity contribution >= 4 is 32.9 Å². The Labute approximate surface area is 183 Å². The molecule has 2 heterocycles. The van der Waals surface area contributed by atoms with E-state index in [1.165, 1.54) is 0 Å². The number of hydrogen-bond donors (Lipinski definition) is 2. The van der Waals surface area contributed by atoms with Crippen LogP contribution in [0.3, 0.4) is 0 Å². The van der Waals surface area contributed by atoms with Crippen molar-refractivity contribution in [3.8, 4) is 11.5 Å². The Hall–Kier alpha value is -4.18. The SMILES string of the molecule is Oc1c2ccccc2c(O)c2c3c(c4c(c12)=Nc1ccccc1C4)Cc1ccccc1N=3. The van der Waals surface area contributed by atoms with Crippen LogP contribution in [0.15, 0.2) is 82.8 Å². The highest BCUT2D eigenvalue weighted by atomic mass is 16.3. The van der Waals surface area contributed by atoms with Gasteiger partial charge in [0.05, 0.1) is 32.9 Å². The lowest BCUT2D eigenvalue weighted by molar-refractivity contribution is 0.477. The number of hydrogen-bond acceptors (Lipinski definition) is 4. The maximum Gasteiger partial charge on any atom is 0.133 e. The van der Waals surface area contributed by atoms with Crippen LogP contribution in [0.25, 0.3) is 21.5 Å². The highest BCUT2D eigenvalue weighted by Gasteiger charge is 2.26. The van der Waals surface area contributed by atoms with Gasteiger partial charge < -0.3 is 10.2 Å². The van der Waals surface area contributed by atoms with E-state index < -0.39 is 0 Å². The van der Waals surface area contributed by atoms with Gasteiger partial charge in [-0.3, -0.25) is 0 Å². The molecular weight excluding hydrogens is 396 g/mol. The fourth-order valence-corrected chi connectivity index (χ4v) is 5.24. The first-order valence-electron chi connectivity index (χ1n) is 10.7. The van der Waals surface area contributed by atoms with Crippen molar-refractivity contribution in [3.63, 3.8) is 0 Å². The summed E-state index contributed by atoms with van der Waals surface area (Å²) in [5.41, 5.74) is 6.28. The molecule has 4 nitrogen and oxygen atoms in total. The number of nitrogens with zero attached hydrogens (tertiary/aromatic N) is 2.